The maximum Gasteiger partial charge on any atom is 0.355 e. The Kier molecular flexibility index (Phi) is 8.93. The van der Waals surface area contributed by atoms with Gasteiger partial charge in [0.25, 0.3) is 11.4 Å². The molecular formula is C29H25N3O10. The second-order valence-corrected chi connectivity index (χ2v) is 8.78. The van der Waals surface area contributed by atoms with E-state index in [9.17, 15) is 29.8 Å². The second-order valence-electron chi connectivity index (χ2n) is 8.78. The fraction of sp³-hybridized carbons (Fsp3) is 0.172. The first-order valence-electron chi connectivity index (χ1n) is 12.3. The summed E-state index contributed by atoms with van der Waals surface area (Å²) in [6.45, 7) is 0. The molecule has 13 nitrogen and oxygen atoms in total. The minimum absolute atomic E-state index is 0.0854. The van der Waals surface area contributed by atoms with E-state index < -0.39 is 34.1 Å². The van der Waals surface area contributed by atoms with E-state index in [1.165, 1.54) is 48.4 Å². The lowest BCUT2D eigenvalue weighted by Crippen LogP contribution is -2.46. The van der Waals surface area contributed by atoms with Crippen LogP contribution in [0.4, 0.5) is 17.1 Å². The third kappa shape index (κ3) is 6.10. The molecule has 0 saturated carbocycles. The summed E-state index contributed by atoms with van der Waals surface area (Å²) in [5, 5.41) is 22.3. The first kappa shape index (κ1) is 29.4. The Morgan fingerprint density at radius 3 is 1.86 bits per heavy atom. The number of carbonyl (C=O) groups is 2. The van der Waals surface area contributed by atoms with E-state index in [1.54, 1.807) is 48.6 Å². The average molecular weight is 576 g/mol. The molecule has 0 amide bonds. The van der Waals surface area contributed by atoms with Crippen molar-refractivity contribution in [2.45, 2.75) is 12.3 Å². The number of hydrogen-bond acceptors (Lipinski definition) is 11. The molecular weight excluding hydrogens is 550 g/mol. The topological polar surface area (TPSA) is 161 Å². The van der Waals surface area contributed by atoms with Gasteiger partial charge in [0, 0.05) is 30.0 Å². The smallest absolute Gasteiger partial charge is 0.355 e. The molecule has 0 N–H and O–H groups in total. The molecule has 0 fully saturated rings. The van der Waals surface area contributed by atoms with E-state index in [1.807, 2.05) is 0 Å². The number of non-ortho nitro benzene ring substituents is 2. The number of nitrogens with zero attached hydrogens (tertiary/aromatic N) is 3. The van der Waals surface area contributed by atoms with Gasteiger partial charge < -0.3 is 23.8 Å². The minimum atomic E-state index is -1.20. The monoisotopic (exact) mass is 575 g/mol. The van der Waals surface area contributed by atoms with Gasteiger partial charge in [-0.25, -0.2) is 9.59 Å². The summed E-state index contributed by atoms with van der Waals surface area (Å²) in [5.74, 6) is -1.21. The predicted molar refractivity (Wildman–Crippen MR) is 149 cm³/mol. The summed E-state index contributed by atoms with van der Waals surface area (Å²) in [7, 11) is 3.81. The zero-order valence-electron chi connectivity index (χ0n) is 22.7. The molecule has 13 heteroatoms. The maximum absolute atomic E-state index is 13.4. The van der Waals surface area contributed by atoms with E-state index in [0.717, 1.165) is 14.2 Å². The highest BCUT2D eigenvalue weighted by Crippen LogP contribution is 2.41. The quantitative estimate of drug-likeness (QED) is 0.197. The Bertz CT molecular complexity index is 1550. The van der Waals surface area contributed by atoms with Crippen LogP contribution in [0.25, 0.3) is 6.08 Å². The fourth-order valence-corrected chi connectivity index (χ4v) is 4.34. The van der Waals surface area contributed by atoms with Gasteiger partial charge in [-0.1, -0.05) is 6.08 Å². The van der Waals surface area contributed by atoms with Crippen molar-refractivity contribution in [3.8, 4) is 5.75 Å². The number of esters is 2. The molecule has 0 saturated heterocycles. The van der Waals surface area contributed by atoms with Crippen molar-refractivity contribution in [2.24, 2.45) is 0 Å². The molecule has 0 aromatic heterocycles. The highest BCUT2D eigenvalue weighted by molar-refractivity contribution is 6.04. The van der Waals surface area contributed by atoms with Crippen molar-refractivity contribution in [3.05, 3.63) is 121 Å². The highest BCUT2D eigenvalue weighted by Gasteiger charge is 2.43. The minimum Gasteiger partial charge on any atom is -0.497 e. The molecule has 3 aromatic carbocycles. The summed E-state index contributed by atoms with van der Waals surface area (Å²) in [6.07, 6.45) is 0.987. The molecule has 0 unspecified atom stereocenters. The molecule has 0 spiro atoms. The average Bonchev–Trinajstić information content (AvgIpc) is 3.02. The Hall–Kier alpha value is -5.56. The van der Waals surface area contributed by atoms with Gasteiger partial charge in [0.15, 0.2) is 6.23 Å². The standard InChI is InChI=1S/C29H25N3O10/c1-39-23-15-13-20(14-16-23)30-24(17-6-18-4-9-21(10-5-18)31(35)36)42-27(19-7-11-22(12-8-19)32(37)38)25(28(33)40-2)26(30)29(34)41-3/h4-17,24,27H,1-3H3/b17-6+/t24-,27+/m1/s1. The number of anilines is 1. The summed E-state index contributed by atoms with van der Waals surface area (Å²) in [5.41, 5.74) is 0.729. The van der Waals surface area contributed by atoms with Crippen LogP contribution in [0.3, 0.4) is 0 Å². The molecule has 0 bridgehead atoms. The second kappa shape index (κ2) is 12.7. The maximum atomic E-state index is 13.4. The van der Waals surface area contributed by atoms with Crippen molar-refractivity contribution in [1.82, 2.24) is 0 Å². The molecule has 42 heavy (non-hydrogen) atoms. The van der Waals surface area contributed by atoms with Gasteiger partial charge in [-0.3, -0.25) is 20.2 Å². The molecule has 0 radical (unpaired) electrons. The molecule has 216 valence electrons. The van der Waals surface area contributed by atoms with Gasteiger partial charge in [0.2, 0.25) is 0 Å². The van der Waals surface area contributed by atoms with Crippen LogP contribution in [-0.2, 0) is 23.8 Å². The molecule has 3 aromatic rings. The Balaban J connectivity index is 1.92. The number of rotatable bonds is 9. The van der Waals surface area contributed by atoms with Crippen LogP contribution < -0.4 is 9.64 Å². The van der Waals surface area contributed by atoms with Gasteiger partial charge >= 0.3 is 11.9 Å². The number of methoxy groups -OCH3 is 3. The lowest BCUT2D eigenvalue weighted by Gasteiger charge is -2.41. The molecule has 1 heterocycles. The first-order chi connectivity index (χ1) is 20.2. The predicted octanol–water partition coefficient (Wildman–Crippen LogP) is 4.73. The molecule has 2 atom stereocenters. The third-order valence-corrected chi connectivity index (χ3v) is 6.39. The number of benzene rings is 3. The molecule has 1 aliphatic rings. The Labute approximate surface area is 239 Å². The molecule has 1 aliphatic heterocycles. The van der Waals surface area contributed by atoms with E-state index >= 15 is 0 Å². The van der Waals surface area contributed by atoms with Crippen molar-refractivity contribution in [1.29, 1.82) is 0 Å². The molecule has 4 rings (SSSR count). The van der Waals surface area contributed by atoms with Crippen molar-refractivity contribution in [3.63, 3.8) is 0 Å². The first-order valence-corrected chi connectivity index (χ1v) is 12.3. The van der Waals surface area contributed by atoms with Crippen molar-refractivity contribution in [2.75, 3.05) is 26.2 Å². The number of carbonyl (C=O) groups excluding carboxylic acids is 2. The van der Waals surface area contributed by atoms with E-state index in [0.29, 0.717) is 22.6 Å². The van der Waals surface area contributed by atoms with Crippen LogP contribution in [0.1, 0.15) is 17.2 Å². The van der Waals surface area contributed by atoms with Crippen LogP contribution in [-0.4, -0.2) is 49.3 Å². The normalized spacial score (nSPS) is 16.7. The molecule has 0 aliphatic carbocycles. The van der Waals surface area contributed by atoms with E-state index in [2.05, 4.69) is 0 Å². The summed E-state index contributed by atoms with van der Waals surface area (Å²) in [6, 6.07) is 17.7. The number of ether oxygens (including phenoxy) is 4. The zero-order valence-corrected chi connectivity index (χ0v) is 22.7. The lowest BCUT2D eigenvalue weighted by atomic mass is 9.95. The SMILES string of the molecule is COC(=O)C1=C(C(=O)OC)N(c2ccc(OC)cc2)[C@@H](/C=C/c2ccc([N+](=O)[O-])cc2)O[C@H]1c1ccc([N+](=O)[O-])cc1. The van der Waals surface area contributed by atoms with E-state index in [4.69, 9.17) is 18.9 Å². The van der Waals surface area contributed by atoms with Crippen LogP contribution in [0.15, 0.2) is 90.1 Å². The van der Waals surface area contributed by atoms with Gasteiger partial charge in [-0.05, 0) is 65.7 Å². The third-order valence-electron chi connectivity index (χ3n) is 6.39. The Morgan fingerprint density at radius 2 is 1.36 bits per heavy atom. The number of hydrogen-bond donors (Lipinski definition) is 0. The Morgan fingerprint density at radius 1 is 0.810 bits per heavy atom. The van der Waals surface area contributed by atoms with Crippen molar-refractivity contribution < 1.29 is 38.4 Å². The van der Waals surface area contributed by atoms with Gasteiger partial charge in [0.1, 0.15) is 23.1 Å². The summed E-state index contributed by atoms with van der Waals surface area (Å²) >= 11 is 0. The summed E-state index contributed by atoms with van der Waals surface area (Å²) in [4.78, 5) is 49.2. The largest absolute Gasteiger partial charge is 0.497 e. The van der Waals surface area contributed by atoms with Crippen LogP contribution in [0.5, 0.6) is 5.75 Å². The fourth-order valence-electron chi connectivity index (χ4n) is 4.34. The van der Waals surface area contributed by atoms with Crippen LogP contribution >= 0.6 is 0 Å². The number of nitro groups is 2. The van der Waals surface area contributed by atoms with Crippen molar-refractivity contribution >= 4 is 35.1 Å². The summed E-state index contributed by atoms with van der Waals surface area (Å²) < 4.78 is 21.8. The lowest BCUT2D eigenvalue weighted by molar-refractivity contribution is -0.385. The zero-order chi connectivity index (χ0) is 30.4. The van der Waals surface area contributed by atoms with Crippen LogP contribution in [0.2, 0.25) is 0 Å². The van der Waals surface area contributed by atoms with Gasteiger partial charge in [0.05, 0.1) is 31.2 Å². The van der Waals surface area contributed by atoms with Gasteiger partial charge in [-0.15, -0.1) is 0 Å². The van der Waals surface area contributed by atoms with Gasteiger partial charge in [-0.2, -0.15) is 0 Å². The number of nitro benzene ring substituents is 2. The van der Waals surface area contributed by atoms with Crippen LogP contribution in [0, 0.1) is 20.2 Å². The van der Waals surface area contributed by atoms with E-state index in [-0.39, 0.29) is 22.6 Å². The highest BCUT2D eigenvalue weighted by atomic mass is 16.6.